The molecule has 2 unspecified atom stereocenters. The normalized spacial score (nSPS) is 20.1. The number of sulfone groups is 1. The second kappa shape index (κ2) is 10.1. The highest BCUT2D eigenvalue weighted by Gasteiger charge is 2.38. The van der Waals surface area contributed by atoms with Crippen molar-refractivity contribution in [1.82, 2.24) is 10.6 Å². The first-order valence-electron chi connectivity index (χ1n) is 11.2. The number of carbonyl (C=O) groups is 2. The van der Waals surface area contributed by atoms with E-state index in [0.717, 1.165) is 17.3 Å². The average molecular weight is 520 g/mol. The number of anilines is 1. The summed E-state index contributed by atoms with van der Waals surface area (Å²) in [5.41, 5.74) is 0.895. The molecule has 0 aromatic heterocycles. The average Bonchev–Trinajstić information content (AvgIpc) is 2.82. The van der Waals surface area contributed by atoms with Gasteiger partial charge in [0.25, 0.3) is 0 Å². The molecule has 188 valence electrons. The Morgan fingerprint density at radius 1 is 1.09 bits per heavy atom. The zero-order valence-corrected chi connectivity index (χ0v) is 21.4. The van der Waals surface area contributed by atoms with Gasteiger partial charge in [0, 0.05) is 18.3 Å². The van der Waals surface area contributed by atoms with Gasteiger partial charge in [0.1, 0.15) is 18.7 Å². The number of nitrogens with one attached hydrogen (secondary N) is 3. The third kappa shape index (κ3) is 5.91. The van der Waals surface area contributed by atoms with E-state index in [9.17, 15) is 18.0 Å². The van der Waals surface area contributed by atoms with E-state index in [0.29, 0.717) is 30.4 Å². The van der Waals surface area contributed by atoms with Crippen LogP contribution in [0.5, 0.6) is 11.5 Å². The molecule has 0 aliphatic carbocycles. The van der Waals surface area contributed by atoms with Crippen molar-refractivity contribution >= 4 is 39.1 Å². The van der Waals surface area contributed by atoms with Crippen molar-refractivity contribution in [1.29, 1.82) is 0 Å². The van der Waals surface area contributed by atoms with Crippen LogP contribution in [0.3, 0.4) is 0 Å². The molecule has 2 aliphatic heterocycles. The van der Waals surface area contributed by atoms with Crippen molar-refractivity contribution in [2.24, 2.45) is 0 Å². The SMILES string of the molecule is CC(C)(C)c1ccc(S(=O)(=O)C2CNC(SCC(=O)Nc3ccc4c(c3)OCCO4)NC2=O)cc1. The highest BCUT2D eigenvalue weighted by Crippen LogP contribution is 2.32. The van der Waals surface area contributed by atoms with Crippen LogP contribution in [0.1, 0.15) is 26.3 Å². The largest absolute Gasteiger partial charge is 0.486 e. The van der Waals surface area contributed by atoms with Gasteiger partial charge in [-0.15, -0.1) is 11.8 Å². The first-order chi connectivity index (χ1) is 16.5. The predicted molar refractivity (Wildman–Crippen MR) is 135 cm³/mol. The Hall–Kier alpha value is -2.76. The fourth-order valence-electron chi connectivity index (χ4n) is 3.72. The van der Waals surface area contributed by atoms with E-state index in [4.69, 9.17) is 9.47 Å². The lowest BCUT2D eigenvalue weighted by Crippen LogP contribution is -2.59. The van der Waals surface area contributed by atoms with Crippen molar-refractivity contribution in [3.05, 3.63) is 48.0 Å². The highest BCUT2D eigenvalue weighted by atomic mass is 32.2. The van der Waals surface area contributed by atoms with Gasteiger partial charge in [0.2, 0.25) is 11.8 Å². The van der Waals surface area contributed by atoms with E-state index in [2.05, 4.69) is 16.0 Å². The first kappa shape index (κ1) is 25.3. The first-order valence-corrected chi connectivity index (χ1v) is 13.8. The van der Waals surface area contributed by atoms with Gasteiger partial charge < -0.3 is 20.1 Å². The second-order valence-electron chi connectivity index (χ2n) is 9.32. The zero-order valence-electron chi connectivity index (χ0n) is 19.8. The van der Waals surface area contributed by atoms with E-state index in [1.54, 1.807) is 42.5 Å². The van der Waals surface area contributed by atoms with Crippen LogP contribution in [0.2, 0.25) is 0 Å². The summed E-state index contributed by atoms with van der Waals surface area (Å²) in [4.78, 5) is 25.1. The second-order valence-corrected chi connectivity index (χ2v) is 12.5. The molecule has 9 nitrogen and oxygen atoms in total. The van der Waals surface area contributed by atoms with Crippen LogP contribution in [0.15, 0.2) is 47.4 Å². The van der Waals surface area contributed by atoms with E-state index in [-0.39, 0.29) is 28.5 Å². The maximum absolute atomic E-state index is 13.0. The smallest absolute Gasteiger partial charge is 0.241 e. The quantitative estimate of drug-likeness (QED) is 0.531. The maximum Gasteiger partial charge on any atom is 0.241 e. The molecule has 0 bridgehead atoms. The lowest BCUT2D eigenvalue weighted by Gasteiger charge is -2.29. The number of hydrogen-bond acceptors (Lipinski definition) is 8. The van der Waals surface area contributed by atoms with Gasteiger partial charge in [-0.05, 0) is 35.2 Å². The maximum atomic E-state index is 13.0. The Morgan fingerprint density at radius 3 is 2.43 bits per heavy atom. The summed E-state index contributed by atoms with van der Waals surface area (Å²) >= 11 is 1.16. The molecule has 2 aromatic carbocycles. The lowest BCUT2D eigenvalue weighted by atomic mass is 9.87. The molecule has 4 rings (SSSR count). The molecule has 35 heavy (non-hydrogen) atoms. The molecule has 2 aromatic rings. The summed E-state index contributed by atoms with van der Waals surface area (Å²) < 4.78 is 37.1. The topological polar surface area (TPSA) is 123 Å². The molecular formula is C24H29N3O6S2. The minimum absolute atomic E-state index is 0.0450. The van der Waals surface area contributed by atoms with Gasteiger partial charge in [0.15, 0.2) is 26.6 Å². The number of benzene rings is 2. The zero-order chi connectivity index (χ0) is 25.2. The molecule has 1 saturated heterocycles. The summed E-state index contributed by atoms with van der Waals surface area (Å²) in [6.45, 7) is 7.03. The summed E-state index contributed by atoms with van der Waals surface area (Å²) in [6, 6.07) is 11.8. The van der Waals surface area contributed by atoms with E-state index < -0.39 is 26.5 Å². The van der Waals surface area contributed by atoms with E-state index >= 15 is 0 Å². The molecule has 0 radical (unpaired) electrons. The van der Waals surface area contributed by atoms with Gasteiger partial charge in [-0.25, -0.2) is 8.42 Å². The fourth-order valence-corrected chi connectivity index (χ4v) is 6.03. The minimum Gasteiger partial charge on any atom is -0.486 e. The Kier molecular flexibility index (Phi) is 7.30. The number of hydrogen-bond donors (Lipinski definition) is 3. The van der Waals surface area contributed by atoms with Crippen LogP contribution >= 0.6 is 11.8 Å². The van der Waals surface area contributed by atoms with Crippen LogP contribution < -0.4 is 25.4 Å². The molecule has 0 saturated carbocycles. The van der Waals surface area contributed by atoms with Gasteiger partial charge in [-0.2, -0.15) is 0 Å². The summed E-state index contributed by atoms with van der Waals surface area (Å²) in [5.74, 6) is 0.401. The Bertz CT molecular complexity index is 1210. The summed E-state index contributed by atoms with van der Waals surface area (Å²) in [6.07, 6.45) is 0. The van der Waals surface area contributed by atoms with Gasteiger partial charge in [-0.3, -0.25) is 14.9 Å². The molecular weight excluding hydrogens is 490 g/mol. The monoisotopic (exact) mass is 519 g/mol. The molecule has 2 amide bonds. The third-order valence-electron chi connectivity index (χ3n) is 5.68. The number of carbonyl (C=O) groups excluding carboxylic acids is 2. The van der Waals surface area contributed by atoms with Crippen LogP contribution in [-0.2, 0) is 24.8 Å². The number of amides is 2. The molecule has 2 heterocycles. The van der Waals surface area contributed by atoms with Crippen LogP contribution in [0.4, 0.5) is 5.69 Å². The Labute approximate surface area is 209 Å². The van der Waals surface area contributed by atoms with Crippen LogP contribution in [0.25, 0.3) is 0 Å². The van der Waals surface area contributed by atoms with Crippen molar-refractivity contribution in [2.45, 2.75) is 41.8 Å². The van der Waals surface area contributed by atoms with Crippen molar-refractivity contribution < 1.29 is 27.5 Å². The Balaban J connectivity index is 1.30. The molecule has 3 N–H and O–H groups in total. The third-order valence-corrected chi connectivity index (χ3v) is 8.79. The highest BCUT2D eigenvalue weighted by molar-refractivity contribution is 8.00. The standard InChI is InChI=1S/C24H29N3O6S2/c1-24(2,3)15-4-7-17(8-5-15)35(30,31)20-13-25-23(27-22(20)29)34-14-21(28)26-16-6-9-18-19(12-16)33-11-10-32-18/h4-9,12,20,23,25H,10-11,13-14H2,1-3H3,(H,26,28)(H,27,29). The molecule has 11 heteroatoms. The number of ether oxygens (including phenoxy) is 2. The van der Waals surface area contributed by atoms with Crippen LogP contribution in [0, 0.1) is 0 Å². The van der Waals surface area contributed by atoms with Gasteiger partial charge >= 0.3 is 0 Å². The summed E-state index contributed by atoms with van der Waals surface area (Å²) in [5, 5.41) is 7.20. The van der Waals surface area contributed by atoms with Crippen molar-refractivity contribution in [3.63, 3.8) is 0 Å². The Morgan fingerprint density at radius 2 is 1.77 bits per heavy atom. The van der Waals surface area contributed by atoms with Gasteiger partial charge in [-0.1, -0.05) is 32.9 Å². The summed E-state index contributed by atoms with van der Waals surface area (Å²) in [7, 11) is -3.86. The molecule has 1 fully saturated rings. The lowest BCUT2D eigenvalue weighted by molar-refractivity contribution is -0.122. The van der Waals surface area contributed by atoms with Crippen molar-refractivity contribution in [2.75, 3.05) is 30.8 Å². The minimum atomic E-state index is -3.86. The molecule has 2 aliphatic rings. The number of rotatable bonds is 6. The van der Waals surface area contributed by atoms with Gasteiger partial charge in [0.05, 0.1) is 10.6 Å². The molecule has 2 atom stereocenters. The fraction of sp³-hybridized carbons (Fsp3) is 0.417. The molecule has 0 spiro atoms. The number of fused-ring (bicyclic) bond motifs is 1. The van der Waals surface area contributed by atoms with E-state index in [1.807, 2.05) is 20.8 Å². The van der Waals surface area contributed by atoms with Crippen LogP contribution in [-0.4, -0.2) is 56.5 Å². The van der Waals surface area contributed by atoms with Crippen molar-refractivity contribution in [3.8, 4) is 11.5 Å². The number of thioether (sulfide) groups is 1. The predicted octanol–water partition coefficient (Wildman–Crippen LogP) is 2.27. The van der Waals surface area contributed by atoms with E-state index in [1.165, 1.54) is 0 Å².